The second-order valence-corrected chi connectivity index (χ2v) is 6.41. The molecule has 0 aliphatic carbocycles. The molecule has 0 atom stereocenters. The highest BCUT2D eigenvalue weighted by atomic mass is 16.5. The second-order valence-electron chi connectivity index (χ2n) is 6.41. The number of hydrogen-bond donors (Lipinski definition) is 0. The van der Waals surface area contributed by atoms with E-state index in [-0.39, 0.29) is 0 Å². The predicted molar refractivity (Wildman–Crippen MR) is 110 cm³/mol. The summed E-state index contributed by atoms with van der Waals surface area (Å²) in [6.45, 7) is 2.09. The van der Waals surface area contributed by atoms with Crippen LogP contribution in [-0.4, -0.2) is 38.4 Å². The van der Waals surface area contributed by atoms with Gasteiger partial charge in [0.25, 0.3) is 0 Å². The third-order valence-electron chi connectivity index (χ3n) is 5.05. The van der Waals surface area contributed by atoms with Crippen molar-refractivity contribution in [2.45, 2.75) is 13.3 Å². The highest BCUT2D eigenvalue weighted by molar-refractivity contribution is 6.19. The number of nitrogens with zero attached hydrogens (tertiary/aromatic N) is 2. The van der Waals surface area contributed by atoms with E-state index in [1.165, 1.54) is 0 Å². The molecule has 28 heavy (non-hydrogen) atoms. The van der Waals surface area contributed by atoms with Gasteiger partial charge in [0.05, 0.1) is 45.2 Å². The average Bonchev–Trinajstić information content (AvgIpc) is 2.75. The third-order valence-corrected chi connectivity index (χ3v) is 5.05. The Labute approximate surface area is 163 Å². The van der Waals surface area contributed by atoms with Gasteiger partial charge in [0, 0.05) is 39.9 Å². The maximum atomic E-state index is 5.53. The Balaban J connectivity index is 2.24. The number of aryl methyl sites for hydroxylation is 1. The molecule has 0 N–H and O–H groups in total. The van der Waals surface area contributed by atoms with Gasteiger partial charge in [-0.1, -0.05) is 6.92 Å². The molecule has 2 heterocycles. The molecule has 0 saturated heterocycles. The Morgan fingerprint density at radius 3 is 1.71 bits per heavy atom. The molecular formula is C22H22N2O4. The number of rotatable bonds is 5. The zero-order chi connectivity index (χ0) is 19.8. The fourth-order valence-electron chi connectivity index (χ4n) is 3.66. The first-order valence-electron chi connectivity index (χ1n) is 9.04. The van der Waals surface area contributed by atoms with Crippen LogP contribution in [-0.2, 0) is 6.42 Å². The first-order valence-corrected chi connectivity index (χ1v) is 9.04. The van der Waals surface area contributed by atoms with E-state index in [9.17, 15) is 0 Å². The molecule has 6 nitrogen and oxygen atoms in total. The van der Waals surface area contributed by atoms with Crippen LogP contribution in [0.2, 0.25) is 0 Å². The smallest absolute Gasteiger partial charge is 0.162 e. The molecule has 2 aromatic carbocycles. The first-order chi connectivity index (χ1) is 13.6. The van der Waals surface area contributed by atoms with Crippen molar-refractivity contribution in [2.75, 3.05) is 28.4 Å². The van der Waals surface area contributed by atoms with Crippen molar-refractivity contribution in [3.05, 3.63) is 36.2 Å². The number of aromatic nitrogens is 2. The summed E-state index contributed by atoms with van der Waals surface area (Å²) in [5.74, 6) is 2.62. The summed E-state index contributed by atoms with van der Waals surface area (Å²) in [6.07, 6.45) is 2.67. The van der Waals surface area contributed by atoms with E-state index in [0.29, 0.717) is 23.0 Å². The minimum atomic E-state index is 0.648. The summed E-state index contributed by atoms with van der Waals surface area (Å²) in [6, 6.07) is 7.75. The van der Waals surface area contributed by atoms with Gasteiger partial charge >= 0.3 is 0 Å². The molecule has 0 bridgehead atoms. The van der Waals surface area contributed by atoms with Gasteiger partial charge in [-0.05, 0) is 18.6 Å². The lowest BCUT2D eigenvalue weighted by atomic mass is 9.99. The van der Waals surface area contributed by atoms with Crippen molar-refractivity contribution in [1.29, 1.82) is 0 Å². The highest BCUT2D eigenvalue weighted by Gasteiger charge is 2.17. The topological polar surface area (TPSA) is 62.7 Å². The Kier molecular flexibility index (Phi) is 4.55. The van der Waals surface area contributed by atoms with Gasteiger partial charge in [-0.15, -0.1) is 0 Å². The van der Waals surface area contributed by atoms with Crippen LogP contribution in [0.5, 0.6) is 23.0 Å². The van der Waals surface area contributed by atoms with Crippen LogP contribution >= 0.6 is 0 Å². The molecule has 2 aromatic heterocycles. The molecule has 0 aliphatic heterocycles. The summed E-state index contributed by atoms with van der Waals surface area (Å²) in [5, 5.41) is 4.03. The van der Waals surface area contributed by atoms with E-state index in [1.807, 2.05) is 30.5 Å². The van der Waals surface area contributed by atoms with E-state index in [1.54, 1.807) is 28.4 Å². The van der Waals surface area contributed by atoms with Crippen LogP contribution in [0.25, 0.3) is 32.6 Å². The monoisotopic (exact) mass is 378 g/mol. The van der Waals surface area contributed by atoms with Gasteiger partial charge in [-0.3, -0.25) is 9.97 Å². The number of pyridine rings is 2. The van der Waals surface area contributed by atoms with Crippen LogP contribution in [0, 0.1) is 0 Å². The molecule has 4 rings (SSSR count). The van der Waals surface area contributed by atoms with Crippen molar-refractivity contribution in [1.82, 2.24) is 9.97 Å². The lowest BCUT2D eigenvalue weighted by Gasteiger charge is -2.15. The largest absolute Gasteiger partial charge is 0.493 e. The minimum Gasteiger partial charge on any atom is -0.493 e. The lowest BCUT2D eigenvalue weighted by molar-refractivity contribution is 0.355. The SMILES string of the molecule is CCc1nc2cc(OC)c(OC)cc2c2c1cnc1cc(OC)c(OC)cc12. The third kappa shape index (κ3) is 2.64. The van der Waals surface area contributed by atoms with Gasteiger partial charge in [0.1, 0.15) is 0 Å². The van der Waals surface area contributed by atoms with E-state index >= 15 is 0 Å². The van der Waals surface area contributed by atoms with Crippen LogP contribution < -0.4 is 18.9 Å². The zero-order valence-corrected chi connectivity index (χ0v) is 16.6. The summed E-state index contributed by atoms with van der Waals surface area (Å²) in [4.78, 5) is 9.51. The quantitative estimate of drug-likeness (QED) is 0.475. The Bertz CT molecular complexity index is 1180. The lowest BCUT2D eigenvalue weighted by Crippen LogP contribution is -1.97. The minimum absolute atomic E-state index is 0.648. The molecule has 0 radical (unpaired) electrons. The van der Waals surface area contributed by atoms with Crippen LogP contribution in [0.15, 0.2) is 30.5 Å². The van der Waals surface area contributed by atoms with Gasteiger partial charge in [-0.2, -0.15) is 0 Å². The summed E-state index contributed by atoms with van der Waals surface area (Å²) in [5.41, 5.74) is 2.66. The Morgan fingerprint density at radius 1 is 0.679 bits per heavy atom. The van der Waals surface area contributed by atoms with E-state index in [0.717, 1.165) is 44.7 Å². The molecule has 0 aliphatic rings. The predicted octanol–water partition coefficient (Wildman–Crippen LogP) is 4.53. The average molecular weight is 378 g/mol. The fourth-order valence-corrected chi connectivity index (χ4v) is 3.66. The maximum absolute atomic E-state index is 5.53. The normalized spacial score (nSPS) is 11.2. The van der Waals surface area contributed by atoms with E-state index in [2.05, 4.69) is 11.9 Å². The molecule has 0 amide bonds. The number of hydrogen-bond acceptors (Lipinski definition) is 6. The van der Waals surface area contributed by atoms with Crippen LogP contribution in [0.1, 0.15) is 12.6 Å². The molecule has 4 aromatic rings. The molecule has 0 fully saturated rings. The number of ether oxygens (including phenoxy) is 4. The van der Waals surface area contributed by atoms with Gasteiger partial charge in [0.2, 0.25) is 0 Å². The van der Waals surface area contributed by atoms with Crippen molar-refractivity contribution in [3.8, 4) is 23.0 Å². The summed E-state index contributed by atoms with van der Waals surface area (Å²) >= 11 is 0. The van der Waals surface area contributed by atoms with Gasteiger partial charge in [-0.25, -0.2) is 0 Å². The fraction of sp³-hybridized carbons (Fsp3) is 0.273. The van der Waals surface area contributed by atoms with Gasteiger partial charge in [0.15, 0.2) is 23.0 Å². The molecular weight excluding hydrogens is 356 g/mol. The molecule has 144 valence electrons. The van der Waals surface area contributed by atoms with Crippen molar-refractivity contribution in [2.24, 2.45) is 0 Å². The molecule has 0 spiro atoms. The van der Waals surface area contributed by atoms with Crippen molar-refractivity contribution in [3.63, 3.8) is 0 Å². The zero-order valence-electron chi connectivity index (χ0n) is 16.6. The maximum Gasteiger partial charge on any atom is 0.162 e. The number of fused-ring (bicyclic) bond motifs is 5. The Hall–Kier alpha value is -3.28. The summed E-state index contributed by atoms with van der Waals surface area (Å²) in [7, 11) is 6.51. The van der Waals surface area contributed by atoms with Gasteiger partial charge < -0.3 is 18.9 Å². The molecule has 6 heteroatoms. The molecule has 0 unspecified atom stereocenters. The number of methoxy groups -OCH3 is 4. The highest BCUT2D eigenvalue weighted by Crippen LogP contribution is 2.40. The summed E-state index contributed by atoms with van der Waals surface area (Å²) < 4.78 is 22.0. The number of benzene rings is 2. The first kappa shape index (κ1) is 18.1. The standard InChI is InChI=1S/C22H22N2O4/c1-6-15-14-11-23-16-9-20(27-4)18(25-2)7-12(16)22(14)13-8-19(26-3)21(28-5)10-17(13)24-15/h7-11H,6H2,1-5H3. The van der Waals surface area contributed by atoms with E-state index in [4.69, 9.17) is 23.9 Å². The van der Waals surface area contributed by atoms with Crippen molar-refractivity contribution < 1.29 is 18.9 Å². The van der Waals surface area contributed by atoms with Crippen molar-refractivity contribution >= 4 is 32.6 Å². The Morgan fingerprint density at radius 2 is 1.18 bits per heavy atom. The second kappa shape index (κ2) is 7.03. The van der Waals surface area contributed by atoms with Crippen LogP contribution in [0.3, 0.4) is 0 Å². The molecule has 0 saturated carbocycles. The van der Waals surface area contributed by atoms with E-state index < -0.39 is 0 Å². The van der Waals surface area contributed by atoms with Crippen LogP contribution in [0.4, 0.5) is 0 Å².